The number of rotatable bonds is 7. The fraction of sp³-hybridized carbons (Fsp3) is 0.0833. The lowest BCUT2D eigenvalue weighted by atomic mass is 10.1. The second kappa shape index (κ2) is 9.12. The van der Waals surface area contributed by atoms with Crippen molar-refractivity contribution in [3.63, 3.8) is 0 Å². The van der Waals surface area contributed by atoms with Crippen molar-refractivity contribution >= 4 is 21.4 Å². The monoisotopic (exact) mass is 487 g/mol. The highest BCUT2D eigenvalue weighted by Crippen LogP contribution is 2.32. The minimum atomic E-state index is -4.08. The van der Waals surface area contributed by atoms with E-state index in [-0.39, 0.29) is 16.6 Å². The molecule has 0 amide bonds. The number of nitrogens with one attached hydrogen (secondary N) is 1. The number of anilines is 1. The van der Waals surface area contributed by atoms with Gasteiger partial charge in [0.1, 0.15) is 10.4 Å². The zero-order valence-corrected chi connectivity index (χ0v) is 19.5. The molecule has 176 valence electrons. The molecule has 0 unspecified atom stereocenters. The topological polar surface area (TPSA) is 137 Å². The summed E-state index contributed by atoms with van der Waals surface area (Å²) in [7, 11) is -2.76. The van der Waals surface area contributed by atoms with Crippen molar-refractivity contribution in [2.45, 2.75) is 11.4 Å². The van der Waals surface area contributed by atoms with Crippen LogP contribution in [0.4, 0.5) is 5.82 Å². The van der Waals surface area contributed by atoms with Gasteiger partial charge in [-0.3, -0.25) is 4.98 Å². The number of methoxy groups -OCH3 is 1. The van der Waals surface area contributed by atoms with Crippen LogP contribution < -0.4 is 15.2 Å². The molecule has 3 N–H and O–H groups in total. The van der Waals surface area contributed by atoms with Gasteiger partial charge in [-0.1, -0.05) is 36.4 Å². The molecule has 0 atom stereocenters. The maximum Gasteiger partial charge on any atom is 0.243 e. The number of hydrogen-bond donors (Lipinski definition) is 2. The Morgan fingerprint density at radius 2 is 1.83 bits per heavy atom. The molecule has 0 saturated carbocycles. The van der Waals surface area contributed by atoms with Gasteiger partial charge in [0.25, 0.3) is 0 Å². The van der Waals surface area contributed by atoms with Crippen molar-refractivity contribution in [3.8, 4) is 28.4 Å². The van der Waals surface area contributed by atoms with Crippen LogP contribution in [0.15, 0.2) is 84.1 Å². The third kappa shape index (κ3) is 4.54. The maximum absolute atomic E-state index is 12.1. The molecule has 4 heterocycles. The molecule has 0 aliphatic heterocycles. The first-order valence-corrected chi connectivity index (χ1v) is 12.1. The minimum Gasteiger partial charge on any atom is -0.480 e. The van der Waals surface area contributed by atoms with E-state index in [1.54, 1.807) is 10.7 Å². The van der Waals surface area contributed by atoms with Gasteiger partial charge >= 0.3 is 0 Å². The zero-order chi connectivity index (χ0) is 24.4. The van der Waals surface area contributed by atoms with E-state index in [0.29, 0.717) is 17.9 Å². The molecule has 35 heavy (non-hydrogen) atoms. The number of hydrogen-bond acceptors (Lipinski definition) is 8. The van der Waals surface area contributed by atoms with Gasteiger partial charge in [0, 0.05) is 29.7 Å². The van der Waals surface area contributed by atoms with Gasteiger partial charge in [0.05, 0.1) is 19.3 Å². The molecule has 0 saturated heterocycles. The van der Waals surface area contributed by atoms with Crippen LogP contribution >= 0.6 is 0 Å². The van der Waals surface area contributed by atoms with Crippen LogP contribution in [0.2, 0.25) is 0 Å². The van der Waals surface area contributed by atoms with Crippen molar-refractivity contribution in [3.05, 3.63) is 84.9 Å². The number of benzene rings is 1. The number of sulfonamides is 1. The SMILES string of the molecule is COc1ncc(-c2nc(NCc3ccccn3)c3c(-c4ccccc4)ccn3n2)cc1S(N)(=O)=O. The highest BCUT2D eigenvalue weighted by Gasteiger charge is 2.20. The number of fused-ring (bicyclic) bond motifs is 1. The Kier molecular flexibility index (Phi) is 5.85. The van der Waals surface area contributed by atoms with Crippen molar-refractivity contribution < 1.29 is 13.2 Å². The fourth-order valence-electron chi connectivity index (χ4n) is 3.71. The number of primary sulfonamides is 1. The Balaban J connectivity index is 1.66. The molecule has 1 aromatic carbocycles. The van der Waals surface area contributed by atoms with E-state index in [1.165, 1.54) is 19.4 Å². The van der Waals surface area contributed by atoms with Crippen LogP contribution in [0.25, 0.3) is 28.0 Å². The smallest absolute Gasteiger partial charge is 0.243 e. The summed E-state index contributed by atoms with van der Waals surface area (Å²) in [5, 5.41) is 13.3. The second-order valence-corrected chi connectivity index (χ2v) is 9.15. The molecular weight excluding hydrogens is 466 g/mol. The van der Waals surface area contributed by atoms with Gasteiger partial charge in [0.2, 0.25) is 15.9 Å². The molecule has 11 heteroatoms. The Bertz CT molecular complexity index is 1610. The summed E-state index contributed by atoms with van der Waals surface area (Å²) in [6.07, 6.45) is 4.99. The zero-order valence-electron chi connectivity index (χ0n) is 18.7. The summed E-state index contributed by atoms with van der Waals surface area (Å²) >= 11 is 0. The molecule has 0 bridgehead atoms. The number of nitrogens with two attached hydrogens (primary N) is 1. The van der Waals surface area contributed by atoms with E-state index in [9.17, 15) is 8.42 Å². The molecule has 10 nitrogen and oxygen atoms in total. The van der Waals surface area contributed by atoms with E-state index in [4.69, 9.17) is 14.9 Å². The fourth-order valence-corrected chi connectivity index (χ4v) is 4.38. The Labute approximate surface area is 201 Å². The Morgan fingerprint density at radius 1 is 1.03 bits per heavy atom. The molecule has 0 aliphatic rings. The molecule has 5 aromatic rings. The summed E-state index contributed by atoms with van der Waals surface area (Å²) in [6.45, 7) is 0.426. The molecule has 4 aromatic heterocycles. The third-order valence-electron chi connectivity index (χ3n) is 5.34. The Morgan fingerprint density at radius 3 is 2.54 bits per heavy atom. The number of aromatic nitrogens is 5. The third-order valence-corrected chi connectivity index (χ3v) is 6.24. The van der Waals surface area contributed by atoms with Gasteiger partial charge in [-0.05, 0) is 29.8 Å². The summed E-state index contributed by atoms with van der Waals surface area (Å²) in [5.74, 6) is 0.715. The molecule has 0 spiro atoms. The van der Waals surface area contributed by atoms with E-state index >= 15 is 0 Å². The van der Waals surface area contributed by atoms with Gasteiger partial charge < -0.3 is 10.1 Å². The highest BCUT2D eigenvalue weighted by molar-refractivity contribution is 7.89. The van der Waals surface area contributed by atoms with Crippen LogP contribution in [0.5, 0.6) is 5.88 Å². The highest BCUT2D eigenvalue weighted by atomic mass is 32.2. The van der Waals surface area contributed by atoms with Gasteiger partial charge in [-0.25, -0.2) is 28.0 Å². The van der Waals surface area contributed by atoms with E-state index < -0.39 is 10.0 Å². The van der Waals surface area contributed by atoms with Crippen molar-refractivity contribution in [2.24, 2.45) is 5.14 Å². The number of ether oxygens (including phenoxy) is 1. The van der Waals surface area contributed by atoms with E-state index in [1.807, 2.05) is 60.8 Å². The van der Waals surface area contributed by atoms with Crippen LogP contribution in [-0.2, 0) is 16.6 Å². The van der Waals surface area contributed by atoms with Crippen molar-refractivity contribution in [2.75, 3.05) is 12.4 Å². The van der Waals surface area contributed by atoms with E-state index in [0.717, 1.165) is 22.3 Å². The van der Waals surface area contributed by atoms with Crippen LogP contribution in [-0.4, -0.2) is 40.1 Å². The lowest BCUT2D eigenvalue weighted by Gasteiger charge is -2.12. The normalized spacial score (nSPS) is 11.5. The lowest BCUT2D eigenvalue weighted by Crippen LogP contribution is -2.14. The molecule has 0 radical (unpaired) electrons. The summed E-state index contributed by atoms with van der Waals surface area (Å²) in [5.41, 5.74) is 3.92. The summed E-state index contributed by atoms with van der Waals surface area (Å²) in [6, 6.07) is 18.9. The molecule has 5 rings (SSSR count). The van der Waals surface area contributed by atoms with Crippen LogP contribution in [0.1, 0.15) is 5.69 Å². The van der Waals surface area contributed by atoms with Gasteiger partial charge in [-0.15, -0.1) is 5.10 Å². The van der Waals surface area contributed by atoms with Gasteiger partial charge in [-0.2, -0.15) is 0 Å². The Hall–Kier alpha value is -4.35. The first kappa shape index (κ1) is 22.4. The summed E-state index contributed by atoms with van der Waals surface area (Å²) < 4.78 is 30.9. The maximum atomic E-state index is 12.1. The average molecular weight is 488 g/mol. The van der Waals surface area contributed by atoms with Crippen LogP contribution in [0, 0.1) is 0 Å². The number of nitrogens with zero attached hydrogens (tertiary/aromatic N) is 5. The number of pyridine rings is 2. The standard InChI is InChI=1S/C24H21N7O3S/c1-34-24-20(35(25,32)33)13-17(14-28-24)22-29-23(27-15-18-9-5-6-11-26-18)21-19(10-12-31(21)30-22)16-7-3-2-4-8-16/h2-14H,15H2,1H3,(H2,25,32,33)(H,27,29,30). The lowest BCUT2D eigenvalue weighted by molar-refractivity contribution is 0.385. The molecule has 0 fully saturated rings. The predicted molar refractivity (Wildman–Crippen MR) is 131 cm³/mol. The second-order valence-electron chi connectivity index (χ2n) is 7.62. The predicted octanol–water partition coefficient (Wildman–Crippen LogP) is 3.12. The average Bonchev–Trinajstić information content (AvgIpc) is 3.32. The van der Waals surface area contributed by atoms with Gasteiger partial charge in [0.15, 0.2) is 11.6 Å². The van der Waals surface area contributed by atoms with E-state index in [2.05, 4.69) is 20.4 Å². The molecule has 0 aliphatic carbocycles. The summed E-state index contributed by atoms with van der Waals surface area (Å²) in [4.78, 5) is 12.9. The first-order valence-electron chi connectivity index (χ1n) is 10.6. The largest absolute Gasteiger partial charge is 0.480 e. The van der Waals surface area contributed by atoms with Crippen molar-refractivity contribution in [1.82, 2.24) is 24.6 Å². The first-order chi connectivity index (χ1) is 16.9. The quantitative estimate of drug-likeness (QED) is 0.357. The molecular formula is C24H21N7O3S. The van der Waals surface area contributed by atoms with Crippen molar-refractivity contribution in [1.29, 1.82) is 0 Å². The van der Waals surface area contributed by atoms with Crippen LogP contribution in [0.3, 0.4) is 0 Å². The minimum absolute atomic E-state index is 0.0989.